The predicted molar refractivity (Wildman–Crippen MR) is 94.0 cm³/mol. The number of aryl methyl sites for hydroxylation is 1. The fraction of sp³-hybridized carbons (Fsp3) is 0.316. The summed E-state index contributed by atoms with van der Waals surface area (Å²) >= 11 is 0. The van der Waals surface area contributed by atoms with E-state index in [4.69, 9.17) is 0 Å². The second kappa shape index (κ2) is 6.29. The zero-order chi connectivity index (χ0) is 17.4. The van der Waals surface area contributed by atoms with Gasteiger partial charge in [0.1, 0.15) is 11.3 Å². The van der Waals surface area contributed by atoms with Crippen molar-refractivity contribution in [2.24, 2.45) is 5.92 Å². The Morgan fingerprint density at radius 3 is 2.84 bits per heavy atom. The van der Waals surface area contributed by atoms with Crippen LogP contribution < -0.4 is 5.32 Å². The van der Waals surface area contributed by atoms with Gasteiger partial charge in [0.25, 0.3) is 5.91 Å². The van der Waals surface area contributed by atoms with Crippen molar-refractivity contribution in [2.75, 3.05) is 0 Å². The first kappa shape index (κ1) is 15.8. The van der Waals surface area contributed by atoms with Crippen LogP contribution in [0, 0.1) is 12.8 Å². The summed E-state index contributed by atoms with van der Waals surface area (Å²) in [6.07, 6.45) is 2.78. The molecule has 3 aromatic rings. The number of para-hydroxylation sites is 1. The Hall–Kier alpha value is -2.73. The monoisotopic (exact) mass is 336 g/mol. The van der Waals surface area contributed by atoms with Crippen LogP contribution in [0.3, 0.4) is 0 Å². The number of carbonyl (C=O) groups is 1. The molecular formula is C19H20N4O2. The highest BCUT2D eigenvalue weighted by Gasteiger charge is 2.36. The quantitative estimate of drug-likeness (QED) is 0.683. The van der Waals surface area contributed by atoms with Gasteiger partial charge in [0.15, 0.2) is 0 Å². The Balaban J connectivity index is 1.64. The third kappa shape index (κ3) is 3.00. The van der Waals surface area contributed by atoms with Crippen LogP contribution in [-0.2, 0) is 0 Å². The van der Waals surface area contributed by atoms with Crippen LogP contribution >= 0.6 is 0 Å². The maximum absolute atomic E-state index is 12.9. The molecule has 0 saturated heterocycles. The summed E-state index contributed by atoms with van der Waals surface area (Å²) in [5.74, 6) is 0.793. The van der Waals surface area contributed by atoms with Gasteiger partial charge < -0.3 is 15.4 Å². The van der Waals surface area contributed by atoms with Crippen molar-refractivity contribution in [3.63, 3.8) is 0 Å². The molecule has 1 aromatic carbocycles. The van der Waals surface area contributed by atoms with E-state index in [0.29, 0.717) is 23.9 Å². The van der Waals surface area contributed by atoms with Crippen LogP contribution in [0.1, 0.15) is 40.8 Å². The van der Waals surface area contributed by atoms with Crippen LogP contribution in [-0.4, -0.2) is 32.1 Å². The van der Waals surface area contributed by atoms with E-state index in [1.807, 2.05) is 37.3 Å². The SMILES string of the molecule is Cc1nc2c(C(=O)N[C@@H](c3ccccn3)C3CC(O)C3)cccc2[nH]1. The Kier molecular flexibility index (Phi) is 3.97. The largest absolute Gasteiger partial charge is 0.393 e. The molecule has 1 amide bonds. The van der Waals surface area contributed by atoms with Gasteiger partial charge in [-0.15, -0.1) is 0 Å². The van der Waals surface area contributed by atoms with Gasteiger partial charge in [-0.3, -0.25) is 9.78 Å². The fourth-order valence-electron chi connectivity index (χ4n) is 3.45. The number of carbonyl (C=O) groups excluding carboxylic acids is 1. The number of H-pyrrole nitrogens is 1. The highest BCUT2D eigenvalue weighted by molar-refractivity contribution is 6.05. The zero-order valence-electron chi connectivity index (χ0n) is 13.9. The average Bonchev–Trinajstić information content (AvgIpc) is 2.98. The number of pyridine rings is 1. The van der Waals surface area contributed by atoms with Crippen molar-refractivity contribution in [2.45, 2.75) is 31.9 Å². The molecular weight excluding hydrogens is 316 g/mol. The summed E-state index contributed by atoms with van der Waals surface area (Å²) in [5, 5.41) is 12.8. The molecule has 2 heterocycles. The van der Waals surface area contributed by atoms with Crippen LogP contribution in [0.25, 0.3) is 11.0 Å². The Labute approximate surface area is 145 Å². The molecule has 1 saturated carbocycles. The third-order valence-electron chi connectivity index (χ3n) is 4.79. The second-order valence-electron chi connectivity index (χ2n) is 6.61. The number of benzene rings is 1. The van der Waals surface area contributed by atoms with Crippen LogP contribution in [0.5, 0.6) is 0 Å². The fourth-order valence-corrected chi connectivity index (χ4v) is 3.45. The molecule has 128 valence electrons. The lowest BCUT2D eigenvalue weighted by molar-refractivity contribution is 0.0228. The molecule has 1 atom stereocenters. The lowest BCUT2D eigenvalue weighted by Crippen LogP contribution is -2.41. The molecule has 6 heteroatoms. The second-order valence-corrected chi connectivity index (χ2v) is 6.61. The van der Waals surface area contributed by atoms with Gasteiger partial charge >= 0.3 is 0 Å². The van der Waals surface area contributed by atoms with Crippen LogP contribution in [0.4, 0.5) is 0 Å². The van der Waals surface area contributed by atoms with Crippen LogP contribution in [0.15, 0.2) is 42.6 Å². The van der Waals surface area contributed by atoms with Gasteiger partial charge in [-0.05, 0) is 49.9 Å². The molecule has 25 heavy (non-hydrogen) atoms. The van der Waals surface area contributed by atoms with Gasteiger partial charge in [0, 0.05) is 6.20 Å². The van der Waals surface area contributed by atoms with Crippen molar-refractivity contribution in [1.29, 1.82) is 0 Å². The van der Waals surface area contributed by atoms with Gasteiger partial charge in [0.05, 0.1) is 28.9 Å². The van der Waals surface area contributed by atoms with Crippen molar-refractivity contribution in [3.8, 4) is 0 Å². The normalized spacial score (nSPS) is 20.9. The topological polar surface area (TPSA) is 90.9 Å². The standard InChI is InChI=1S/C19H20N4O2/c1-11-21-16-7-4-5-14(18(16)22-11)19(25)23-17(12-9-13(24)10-12)15-6-2-3-8-20-15/h2-8,12-13,17,24H,9-10H2,1H3,(H,21,22)(H,23,25)/t12?,13?,17-/m1/s1. The maximum Gasteiger partial charge on any atom is 0.254 e. The van der Waals surface area contributed by atoms with Gasteiger partial charge in [0.2, 0.25) is 0 Å². The van der Waals surface area contributed by atoms with E-state index in [9.17, 15) is 9.90 Å². The Bertz CT molecular complexity index is 900. The minimum Gasteiger partial charge on any atom is -0.393 e. The third-order valence-corrected chi connectivity index (χ3v) is 4.79. The van der Waals surface area contributed by atoms with E-state index in [-0.39, 0.29) is 24.0 Å². The van der Waals surface area contributed by atoms with Crippen molar-refractivity contribution < 1.29 is 9.90 Å². The molecule has 0 radical (unpaired) electrons. The molecule has 2 aromatic heterocycles. The minimum absolute atomic E-state index is 0.172. The number of aliphatic hydroxyl groups excluding tert-OH is 1. The summed E-state index contributed by atoms with van der Waals surface area (Å²) in [6, 6.07) is 11.0. The van der Waals surface area contributed by atoms with Crippen molar-refractivity contribution in [3.05, 3.63) is 59.7 Å². The molecule has 3 N–H and O–H groups in total. The molecule has 0 aliphatic heterocycles. The first-order valence-corrected chi connectivity index (χ1v) is 8.47. The summed E-state index contributed by atoms with van der Waals surface area (Å²) in [7, 11) is 0. The van der Waals surface area contributed by atoms with Gasteiger partial charge in [-0.2, -0.15) is 0 Å². The first-order valence-electron chi connectivity index (χ1n) is 8.47. The number of nitrogens with one attached hydrogen (secondary N) is 2. The number of aromatic amines is 1. The molecule has 1 aliphatic rings. The smallest absolute Gasteiger partial charge is 0.254 e. The molecule has 1 fully saturated rings. The van der Waals surface area contributed by atoms with E-state index in [1.54, 1.807) is 12.3 Å². The molecule has 0 bridgehead atoms. The lowest BCUT2D eigenvalue weighted by Gasteiger charge is -2.37. The Morgan fingerprint density at radius 1 is 1.28 bits per heavy atom. The first-order chi connectivity index (χ1) is 12.1. The summed E-state index contributed by atoms with van der Waals surface area (Å²) in [4.78, 5) is 24.9. The number of aromatic nitrogens is 3. The highest BCUT2D eigenvalue weighted by atomic mass is 16.3. The molecule has 0 spiro atoms. The molecule has 6 nitrogen and oxygen atoms in total. The van der Waals surface area contributed by atoms with Crippen molar-refractivity contribution >= 4 is 16.9 Å². The van der Waals surface area contributed by atoms with E-state index in [1.165, 1.54) is 0 Å². The van der Waals surface area contributed by atoms with E-state index < -0.39 is 0 Å². The maximum atomic E-state index is 12.9. The summed E-state index contributed by atoms with van der Waals surface area (Å²) in [6.45, 7) is 1.87. The highest BCUT2D eigenvalue weighted by Crippen LogP contribution is 2.37. The number of fused-ring (bicyclic) bond motifs is 1. The van der Waals surface area contributed by atoms with Gasteiger partial charge in [-0.25, -0.2) is 4.98 Å². The lowest BCUT2D eigenvalue weighted by atomic mass is 9.76. The number of rotatable bonds is 4. The van der Waals surface area contributed by atoms with E-state index in [0.717, 1.165) is 17.0 Å². The van der Waals surface area contributed by atoms with E-state index >= 15 is 0 Å². The number of hydrogen-bond acceptors (Lipinski definition) is 4. The average molecular weight is 336 g/mol. The number of nitrogens with zero attached hydrogens (tertiary/aromatic N) is 2. The van der Waals surface area contributed by atoms with Crippen LogP contribution in [0.2, 0.25) is 0 Å². The number of hydrogen-bond donors (Lipinski definition) is 3. The molecule has 0 unspecified atom stereocenters. The minimum atomic E-state index is -0.287. The number of amides is 1. The molecule has 4 rings (SSSR count). The predicted octanol–water partition coefficient (Wildman–Crippen LogP) is 2.51. The van der Waals surface area contributed by atoms with Gasteiger partial charge in [-0.1, -0.05) is 12.1 Å². The number of imidazole rings is 1. The summed E-state index contributed by atoms with van der Waals surface area (Å²) < 4.78 is 0. The molecule has 1 aliphatic carbocycles. The zero-order valence-corrected chi connectivity index (χ0v) is 13.9. The van der Waals surface area contributed by atoms with E-state index in [2.05, 4.69) is 20.3 Å². The van der Waals surface area contributed by atoms with Crippen molar-refractivity contribution in [1.82, 2.24) is 20.3 Å². The summed E-state index contributed by atoms with van der Waals surface area (Å²) in [5.41, 5.74) is 2.88. The number of aliphatic hydroxyl groups is 1. The Morgan fingerprint density at radius 2 is 2.12 bits per heavy atom.